The van der Waals surface area contributed by atoms with Crippen LogP contribution in [0.3, 0.4) is 0 Å². The molecular weight excluding hydrogens is 172 g/mol. The van der Waals surface area contributed by atoms with E-state index in [1.165, 1.54) is 0 Å². The van der Waals surface area contributed by atoms with E-state index in [2.05, 4.69) is 6.92 Å². The van der Waals surface area contributed by atoms with Crippen molar-refractivity contribution < 1.29 is 19.7 Å². The van der Waals surface area contributed by atoms with Crippen molar-refractivity contribution in [2.45, 2.75) is 44.7 Å². The quantitative estimate of drug-likeness (QED) is 0.351. The van der Waals surface area contributed by atoms with E-state index < -0.39 is 5.97 Å². The van der Waals surface area contributed by atoms with Gasteiger partial charge in [0.15, 0.2) is 0 Å². The Labute approximate surface area is 78.5 Å². The highest BCUT2D eigenvalue weighted by Gasteiger charge is 2.29. The molecule has 78 valence electrons. The predicted octanol–water partition coefficient (Wildman–Crippen LogP) is 0.620. The van der Waals surface area contributed by atoms with Crippen molar-refractivity contribution in [3.8, 4) is 0 Å². The van der Waals surface area contributed by atoms with Crippen LogP contribution in [-0.2, 0) is 9.47 Å². The molecular formula is C9H18O4. The van der Waals surface area contributed by atoms with E-state index in [1.807, 2.05) is 0 Å². The standard InChI is InChI=1S/C9H18O4/c1-2-3-4-5-9(10,11)13-7-8-6-12-8/h8,10-11H,2-7H2,1H3. The molecule has 0 bridgehead atoms. The van der Waals surface area contributed by atoms with Gasteiger partial charge in [-0.25, -0.2) is 0 Å². The van der Waals surface area contributed by atoms with Crippen molar-refractivity contribution in [1.29, 1.82) is 0 Å². The first-order chi connectivity index (χ1) is 6.14. The largest absolute Gasteiger partial charge is 0.371 e. The zero-order valence-corrected chi connectivity index (χ0v) is 8.03. The lowest BCUT2D eigenvalue weighted by atomic mass is 10.2. The van der Waals surface area contributed by atoms with Gasteiger partial charge in [0, 0.05) is 6.42 Å². The molecule has 0 amide bonds. The summed E-state index contributed by atoms with van der Waals surface area (Å²) >= 11 is 0. The molecule has 13 heavy (non-hydrogen) atoms. The average Bonchev–Trinajstić information content (AvgIpc) is 2.84. The van der Waals surface area contributed by atoms with Crippen LogP contribution in [0.1, 0.15) is 32.6 Å². The van der Waals surface area contributed by atoms with E-state index in [0.29, 0.717) is 6.61 Å². The second-order valence-electron chi connectivity index (χ2n) is 3.47. The molecule has 1 aliphatic heterocycles. The van der Waals surface area contributed by atoms with Crippen LogP contribution in [0.4, 0.5) is 0 Å². The number of rotatable bonds is 7. The Hall–Kier alpha value is -0.160. The summed E-state index contributed by atoms with van der Waals surface area (Å²) in [5, 5.41) is 18.6. The fourth-order valence-electron chi connectivity index (χ4n) is 1.07. The molecule has 2 N–H and O–H groups in total. The highest BCUT2D eigenvalue weighted by molar-refractivity contribution is 4.68. The molecule has 1 unspecified atom stereocenters. The van der Waals surface area contributed by atoms with Gasteiger partial charge in [0.1, 0.15) is 6.10 Å². The van der Waals surface area contributed by atoms with Crippen LogP contribution in [-0.4, -0.2) is 35.5 Å². The summed E-state index contributed by atoms with van der Waals surface area (Å²) in [5.74, 6) is -1.96. The van der Waals surface area contributed by atoms with Crippen molar-refractivity contribution in [3.63, 3.8) is 0 Å². The average molecular weight is 190 g/mol. The smallest absolute Gasteiger partial charge is 0.277 e. The summed E-state index contributed by atoms with van der Waals surface area (Å²) < 4.78 is 9.77. The van der Waals surface area contributed by atoms with Gasteiger partial charge < -0.3 is 19.7 Å². The fraction of sp³-hybridized carbons (Fsp3) is 1.00. The molecule has 1 atom stereocenters. The molecule has 4 heteroatoms. The minimum absolute atomic E-state index is 0.0739. The van der Waals surface area contributed by atoms with E-state index in [4.69, 9.17) is 9.47 Å². The first kappa shape index (κ1) is 10.9. The number of hydrogen-bond donors (Lipinski definition) is 2. The van der Waals surface area contributed by atoms with Gasteiger partial charge in [-0.05, 0) is 6.42 Å². The summed E-state index contributed by atoms with van der Waals surface area (Å²) in [6, 6.07) is 0. The molecule has 1 aliphatic rings. The molecule has 0 saturated carbocycles. The van der Waals surface area contributed by atoms with E-state index in [1.54, 1.807) is 0 Å². The summed E-state index contributed by atoms with van der Waals surface area (Å²) in [4.78, 5) is 0. The van der Waals surface area contributed by atoms with Crippen LogP contribution >= 0.6 is 0 Å². The zero-order valence-electron chi connectivity index (χ0n) is 8.03. The number of ether oxygens (including phenoxy) is 2. The molecule has 0 spiro atoms. The van der Waals surface area contributed by atoms with Crippen LogP contribution in [0.5, 0.6) is 0 Å². The van der Waals surface area contributed by atoms with Gasteiger partial charge >= 0.3 is 0 Å². The molecule has 0 aromatic rings. The topological polar surface area (TPSA) is 62.2 Å². The third-order valence-corrected chi connectivity index (χ3v) is 2.01. The Morgan fingerprint density at radius 1 is 1.46 bits per heavy atom. The maximum absolute atomic E-state index is 9.30. The van der Waals surface area contributed by atoms with Crippen LogP contribution in [0, 0.1) is 0 Å². The van der Waals surface area contributed by atoms with Crippen LogP contribution < -0.4 is 0 Å². The minimum atomic E-state index is -1.96. The van der Waals surface area contributed by atoms with E-state index in [0.717, 1.165) is 19.3 Å². The lowest BCUT2D eigenvalue weighted by Crippen LogP contribution is -2.33. The molecule has 4 nitrogen and oxygen atoms in total. The molecule has 1 saturated heterocycles. The highest BCUT2D eigenvalue weighted by Crippen LogP contribution is 2.17. The van der Waals surface area contributed by atoms with Crippen molar-refractivity contribution in [2.75, 3.05) is 13.2 Å². The highest BCUT2D eigenvalue weighted by atomic mass is 16.8. The van der Waals surface area contributed by atoms with Gasteiger partial charge in [0.05, 0.1) is 13.2 Å². The van der Waals surface area contributed by atoms with Gasteiger partial charge in [0.2, 0.25) is 0 Å². The fourth-order valence-corrected chi connectivity index (χ4v) is 1.07. The SMILES string of the molecule is CCCCCC(O)(O)OCC1CO1. The van der Waals surface area contributed by atoms with Crippen LogP contribution in [0.2, 0.25) is 0 Å². The predicted molar refractivity (Wildman–Crippen MR) is 47.0 cm³/mol. The number of unbranched alkanes of at least 4 members (excludes halogenated alkanes) is 2. The first-order valence-electron chi connectivity index (χ1n) is 4.84. The summed E-state index contributed by atoms with van der Waals surface area (Å²) in [6.45, 7) is 3.01. The minimum Gasteiger partial charge on any atom is -0.371 e. The van der Waals surface area contributed by atoms with Crippen LogP contribution in [0.15, 0.2) is 0 Å². The maximum atomic E-state index is 9.30. The summed E-state index contributed by atoms with van der Waals surface area (Å²) in [6.07, 6.45) is 3.17. The van der Waals surface area contributed by atoms with Gasteiger partial charge in [-0.2, -0.15) is 0 Å². The summed E-state index contributed by atoms with van der Waals surface area (Å²) in [7, 11) is 0. The number of epoxide rings is 1. The Kier molecular flexibility index (Phi) is 4.12. The van der Waals surface area contributed by atoms with Crippen molar-refractivity contribution in [1.82, 2.24) is 0 Å². The third kappa shape index (κ3) is 5.21. The Morgan fingerprint density at radius 3 is 2.69 bits per heavy atom. The first-order valence-corrected chi connectivity index (χ1v) is 4.84. The molecule has 1 heterocycles. The number of aliphatic hydroxyl groups is 2. The second-order valence-corrected chi connectivity index (χ2v) is 3.47. The summed E-state index contributed by atoms with van der Waals surface area (Å²) in [5.41, 5.74) is 0. The molecule has 0 aromatic heterocycles. The molecule has 0 aliphatic carbocycles. The Balaban J connectivity index is 2.03. The zero-order chi connectivity index (χ0) is 9.73. The van der Waals surface area contributed by atoms with Crippen LogP contribution in [0.25, 0.3) is 0 Å². The van der Waals surface area contributed by atoms with E-state index in [9.17, 15) is 10.2 Å². The van der Waals surface area contributed by atoms with E-state index >= 15 is 0 Å². The molecule has 0 aromatic carbocycles. The Morgan fingerprint density at radius 2 is 2.15 bits per heavy atom. The second kappa shape index (κ2) is 4.91. The van der Waals surface area contributed by atoms with Gasteiger partial charge in [-0.15, -0.1) is 0 Å². The van der Waals surface area contributed by atoms with Gasteiger partial charge in [0.25, 0.3) is 5.97 Å². The van der Waals surface area contributed by atoms with Crippen molar-refractivity contribution in [2.24, 2.45) is 0 Å². The Bertz CT molecular complexity index is 143. The normalized spacial score (nSPS) is 21.9. The van der Waals surface area contributed by atoms with E-state index in [-0.39, 0.29) is 19.1 Å². The third-order valence-electron chi connectivity index (χ3n) is 2.01. The molecule has 0 radical (unpaired) electrons. The van der Waals surface area contributed by atoms with Gasteiger partial charge in [-0.1, -0.05) is 19.8 Å². The van der Waals surface area contributed by atoms with Crippen molar-refractivity contribution >= 4 is 0 Å². The maximum Gasteiger partial charge on any atom is 0.277 e. The number of hydrogen-bond acceptors (Lipinski definition) is 4. The lowest BCUT2D eigenvalue weighted by molar-refractivity contribution is -0.341. The van der Waals surface area contributed by atoms with Gasteiger partial charge in [-0.3, -0.25) is 0 Å². The van der Waals surface area contributed by atoms with Crippen molar-refractivity contribution in [3.05, 3.63) is 0 Å². The lowest BCUT2D eigenvalue weighted by Gasteiger charge is -2.21. The molecule has 1 rings (SSSR count). The molecule has 1 fully saturated rings. The monoisotopic (exact) mass is 190 g/mol.